The van der Waals surface area contributed by atoms with E-state index in [0.29, 0.717) is 9.23 Å². The van der Waals surface area contributed by atoms with Gasteiger partial charge < -0.3 is 4.90 Å². The number of anilines is 1. The van der Waals surface area contributed by atoms with Crippen LogP contribution in [0.3, 0.4) is 0 Å². The lowest BCUT2D eigenvalue weighted by Crippen LogP contribution is -2.23. The Morgan fingerprint density at radius 3 is 2.32 bits per heavy atom. The number of benzene rings is 2. The van der Waals surface area contributed by atoms with Gasteiger partial charge in [-0.3, -0.25) is 9.69 Å². The minimum Gasteiger partial charge on any atom is -0.347 e. The third kappa shape index (κ3) is 2.99. The minimum absolute atomic E-state index is 0.0332. The SMILES string of the molecule is CN1C(=O)C(=CC=C2N(C)c3ccc(-c4ccccc4)cc3C2(C)C)SC1=S. The summed E-state index contributed by atoms with van der Waals surface area (Å²) in [6, 6.07) is 17.1. The van der Waals surface area contributed by atoms with Gasteiger partial charge in [-0.25, -0.2) is 0 Å². The van der Waals surface area contributed by atoms with Crippen molar-refractivity contribution in [2.45, 2.75) is 19.3 Å². The normalized spacial score (nSPS) is 21.1. The van der Waals surface area contributed by atoms with E-state index in [4.69, 9.17) is 12.2 Å². The van der Waals surface area contributed by atoms with Gasteiger partial charge in [0.25, 0.3) is 5.91 Å². The predicted octanol–water partition coefficient (Wildman–Crippen LogP) is 5.34. The predicted molar refractivity (Wildman–Crippen MR) is 122 cm³/mol. The van der Waals surface area contributed by atoms with Gasteiger partial charge in [-0.05, 0) is 41.0 Å². The van der Waals surface area contributed by atoms with Crippen LogP contribution in [0.25, 0.3) is 11.1 Å². The van der Waals surface area contributed by atoms with Crippen molar-refractivity contribution in [3.63, 3.8) is 0 Å². The molecule has 2 aromatic carbocycles. The van der Waals surface area contributed by atoms with Gasteiger partial charge in [-0.2, -0.15) is 0 Å². The molecule has 0 unspecified atom stereocenters. The molecule has 1 amide bonds. The summed E-state index contributed by atoms with van der Waals surface area (Å²) in [5.41, 5.74) is 5.92. The van der Waals surface area contributed by atoms with E-state index >= 15 is 0 Å². The van der Waals surface area contributed by atoms with Gasteiger partial charge in [0.1, 0.15) is 4.32 Å². The number of allylic oxidation sites excluding steroid dienone is 3. The van der Waals surface area contributed by atoms with Crippen LogP contribution in [0.1, 0.15) is 19.4 Å². The van der Waals surface area contributed by atoms with Crippen molar-refractivity contribution in [2.24, 2.45) is 0 Å². The maximum atomic E-state index is 12.3. The average molecular weight is 407 g/mol. The molecule has 1 fully saturated rings. The number of fused-ring (bicyclic) bond motifs is 1. The Hall–Kier alpha value is -2.37. The van der Waals surface area contributed by atoms with Gasteiger partial charge in [-0.15, -0.1) is 0 Å². The zero-order valence-corrected chi connectivity index (χ0v) is 18.0. The van der Waals surface area contributed by atoms with Crippen molar-refractivity contribution < 1.29 is 4.79 Å². The van der Waals surface area contributed by atoms with Crippen molar-refractivity contribution in [1.29, 1.82) is 0 Å². The van der Waals surface area contributed by atoms with Gasteiger partial charge in [-0.1, -0.05) is 74.2 Å². The largest absolute Gasteiger partial charge is 0.347 e. The van der Waals surface area contributed by atoms with E-state index < -0.39 is 0 Å². The molecule has 2 aromatic rings. The zero-order valence-electron chi connectivity index (χ0n) is 16.4. The highest BCUT2D eigenvalue weighted by Crippen LogP contribution is 2.48. The van der Waals surface area contributed by atoms with E-state index in [1.165, 1.54) is 39.0 Å². The van der Waals surface area contributed by atoms with Crippen LogP contribution < -0.4 is 4.90 Å². The summed E-state index contributed by atoms with van der Waals surface area (Å²) in [5.74, 6) is -0.0332. The van der Waals surface area contributed by atoms with Crippen LogP contribution >= 0.6 is 24.0 Å². The fraction of sp³-hybridized carbons (Fsp3) is 0.217. The van der Waals surface area contributed by atoms with Crippen molar-refractivity contribution >= 4 is 39.9 Å². The summed E-state index contributed by atoms with van der Waals surface area (Å²) in [7, 11) is 3.80. The molecule has 0 radical (unpaired) electrons. The molecule has 142 valence electrons. The highest BCUT2D eigenvalue weighted by Gasteiger charge is 2.38. The highest BCUT2D eigenvalue weighted by molar-refractivity contribution is 8.26. The maximum absolute atomic E-state index is 12.3. The van der Waals surface area contributed by atoms with E-state index in [2.05, 4.69) is 74.3 Å². The Labute approximate surface area is 175 Å². The number of amides is 1. The molecule has 28 heavy (non-hydrogen) atoms. The summed E-state index contributed by atoms with van der Waals surface area (Å²) in [6.45, 7) is 4.46. The molecule has 3 nitrogen and oxygen atoms in total. The molecule has 0 aliphatic carbocycles. The minimum atomic E-state index is -0.162. The van der Waals surface area contributed by atoms with Crippen LogP contribution in [0.2, 0.25) is 0 Å². The number of thiocarbonyl (C=S) groups is 1. The first-order valence-corrected chi connectivity index (χ1v) is 10.4. The fourth-order valence-corrected chi connectivity index (χ4v) is 4.98. The summed E-state index contributed by atoms with van der Waals surface area (Å²) >= 11 is 6.58. The first-order chi connectivity index (χ1) is 13.3. The molecule has 2 aliphatic rings. The number of likely N-dealkylation sites (N-methyl/N-ethyl adjacent to an activating group) is 2. The number of rotatable bonds is 2. The third-order valence-corrected chi connectivity index (χ3v) is 7.02. The van der Waals surface area contributed by atoms with Crippen LogP contribution in [-0.4, -0.2) is 29.2 Å². The summed E-state index contributed by atoms with van der Waals surface area (Å²) in [6.07, 6.45) is 3.96. The monoisotopic (exact) mass is 406 g/mol. The van der Waals surface area contributed by atoms with Crippen molar-refractivity contribution in [3.8, 4) is 11.1 Å². The second kappa shape index (κ2) is 6.90. The summed E-state index contributed by atoms with van der Waals surface area (Å²) < 4.78 is 0.601. The summed E-state index contributed by atoms with van der Waals surface area (Å²) in [4.78, 5) is 16.7. The fourth-order valence-electron chi connectivity index (χ4n) is 3.86. The van der Waals surface area contributed by atoms with Crippen molar-refractivity contribution in [2.75, 3.05) is 19.0 Å². The molecule has 2 aliphatic heterocycles. The quantitative estimate of drug-likeness (QED) is 0.496. The van der Waals surface area contributed by atoms with Crippen LogP contribution in [0.4, 0.5) is 5.69 Å². The first-order valence-electron chi connectivity index (χ1n) is 9.16. The van der Waals surface area contributed by atoms with Gasteiger partial charge >= 0.3 is 0 Å². The lowest BCUT2D eigenvalue weighted by molar-refractivity contribution is -0.121. The van der Waals surface area contributed by atoms with E-state index in [1.807, 2.05) is 12.1 Å². The Kier molecular flexibility index (Phi) is 4.68. The van der Waals surface area contributed by atoms with Crippen LogP contribution in [0.15, 0.2) is 71.3 Å². The Bertz CT molecular complexity index is 1040. The molecule has 2 heterocycles. The average Bonchev–Trinajstić information content (AvgIpc) is 3.05. The van der Waals surface area contributed by atoms with E-state index in [9.17, 15) is 4.79 Å². The maximum Gasteiger partial charge on any atom is 0.265 e. The number of hydrogen-bond donors (Lipinski definition) is 0. The van der Waals surface area contributed by atoms with Crippen molar-refractivity contribution in [3.05, 3.63) is 76.8 Å². The Morgan fingerprint density at radius 1 is 0.964 bits per heavy atom. The van der Waals surface area contributed by atoms with Gasteiger partial charge in [0, 0.05) is 30.9 Å². The van der Waals surface area contributed by atoms with E-state index in [-0.39, 0.29) is 11.3 Å². The number of thioether (sulfide) groups is 1. The summed E-state index contributed by atoms with van der Waals surface area (Å²) in [5, 5.41) is 0. The number of carbonyl (C=O) groups is 1. The number of hydrogen-bond acceptors (Lipinski definition) is 4. The molecular weight excluding hydrogens is 384 g/mol. The smallest absolute Gasteiger partial charge is 0.265 e. The molecular formula is C23H22N2OS2. The van der Waals surface area contributed by atoms with Crippen LogP contribution in [0, 0.1) is 0 Å². The van der Waals surface area contributed by atoms with Gasteiger partial charge in [0.15, 0.2) is 0 Å². The second-order valence-corrected chi connectivity index (χ2v) is 9.27. The molecule has 0 bridgehead atoms. The van der Waals surface area contributed by atoms with Crippen molar-refractivity contribution in [1.82, 2.24) is 4.90 Å². The highest BCUT2D eigenvalue weighted by atomic mass is 32.2. The molecule has 1 saturated heterocycles. The topological polar surface area (TPSA) is 23.6 Å². The van der Waals surface area contributed by atoms with Crippen LogP contribution in [-0.2, 0) is 10.2 Å². The molecule has 5 heteroatoms. The lowest BCUT2D eigenvalue weighted by atomic mass is 9.82. The first kappa shape index (κ1) is 19.0. The van der Waals surface area contributed by atoms with Gasteiger partial charge in [0.2, 0.25) is 0 Å². The lowest BCUT2D eigenvalue weighted by Gasteiger charge is -2.23. The number of nitrogens with zero attached hydrogens (tertiary/aromatic N) is 2. The molecule has 0 N–H and O–H groups in total. The third-order valence-electron chi connectivity index (χ3n) is 5.52. The Balaban J connectivity index is 1.73. The molecule has 4 rings (SSSR count). The number of carbonyl (C=O) groups excluding carboxylic acids is 1. The van der Waals surface area contributed by atoms with E-state index in [0.717, 1.165) is 5.70 Å². The Morgan fingerprint density at radius 2 is 1.68 bits per heavy atom. The molecule has 0 saturated carbocycles. The molecule has 0 atom stereocenters. The molecule has 0 aromatic heterocycles. The standard InChI is InChI=1S/C23H22N2OS2/c1-23(2)17-14-16(15-8-6-5-7-9-15)10-11-18(17)24(3)20(23)13-12-19-21(26)25(4)22(27)28-19/h5-14H,1-4H3. The van der Waals surface area contributed by atoms with Crippen LogP contribution in [0.5, 0.6) is 0 Å². The zero-order chi connectivity index (χ0) is 20.1. The molecule has 0 spiro atoms. The van der Waals surface area contributed by atoms with E-state index in [1.54, 1.807) is 7.05 Å². The van der Waals surface area contributed by atoms with Gasteiger partial charge in [0.05, 0.1) is 4.91 Å². The second-order valence-electron chi connectivity index (χ2n) is 7.60.